The van der Waals surface area contributed by atoms with Gasteiger partial charge in [0.05, 0.1) is 0 Å². The molecule has 3 heteroatoms. The van der Waals surface area contributed by atoms with Gasteiger partial charge in [0.15, 0.2) is 7.98 Å². The number of halogens is 1. The first-order valence-electron chi connectivity index (χ1n) is 4.88. The maximum absolute atomic E-state index is 13.6. The van der Waals surface area contributed by atoms with Gasteiger partial charge in [0, 0.05) is 13.1 Å². The third kappa shape index (κ3) is 1.57. The molecular formula is C11H13BFN. The molecule has 14 heavy (non-hydrogen) atoms. The summed E-state index contributed by atoms with van der Waals surface area (Å²) in [5.41, 5.74) is 2.98. The Balaban J connectivity index is 2.45. The van der Waals surface area contributed by atoms with E-state index in [1.807, 2.05) is 19.9 Å². The van der Waals surface area contributed by atoms with Crippen LogP contribution in [0.5, 0.6) is 0 Å². The first kappa shape index (κ1) is 9.72. The summed E-state index contributed by atoms with van der Waals surface area (Å²) in [5, 5.41) is 0. The molecule has 0 fully saturated rings. The van der Waals surface area contributed by atoms with Crippen LogP contribution >= 0.6 is 0 Å². The topological polar surface area (TPSA) is 3.24 Å². The van der Waals surface area contributed by atoms with Gasteiger partial charge in [-0.2, -0.15) is 0 Å². The standard InChI is InChI=1S/C11H13BFN/c1-7(2)10-3-8-5-14(12)6-9(8)4-11(10)13/h3-4,7H,5-6H2,1-2H3. The van der Waals surface area contributed by atoms with Crippen molar-refractivity contribution in [3.63, 3.8) is 0 Å². The zero-order valence-electron chi connectivity index (χ0n) is 8.55. The van der Waals surface area contributed by atoms with Crippen molar-refractivity contribution in [3.05, 3.63) is 34.6 Å². The van der Waals surface area contributed by atoms with Gasteiger partial charge in [-0.15, -0.1) is 0 Å². The van der Waals surface area contributed by atoms with E-state index in [2.05, 4.69) is 0 Å². The van der Waals surface area contributed by atoms with E-state index in [9.17, 15) is 4.39 Å². The minimum absolute atomic E-state index is 0.103. The lowest BCUT2D eigenvalue weighted by Gasteiger charge is -2.09. The van der Waals surface area contributed by atoms with Crippen molar-refractivity contribution in [2.45, 2.75) is 32.9 Å². The Kier molecular flexibility index (Phi) is 2.35. The Hall–Kier alpha value is -0.825. The zero-order valence-corrected chi connectivity index (χ0v) is 8.55. The van der Waals surface area contributed by atoms with Crippen LogP contribution in [0.3, 0.4) is 0 Å². The van der Waals surface area contributed by atoms with Crippen LogP contribution in [0, 0.1) is 5.82 Å². The molecule has 0 spiro atoms. The maximum atomic E-state index is 13.6. The Bertz CT molecular complexity index is 363. The van der Waals surface area contributed by atoms with E-state index in [0.717, 1.165) is 23.2 Å². The molecule has 2 rings (SSSR count). The van der Waals surface area contributed by atoms with E-state index < -0.39 is 0 Å². The van der Waals surface area contributed by atoms with E-state index in [0.29, 0.717) is 6.54 Å². The van der Waals surface area contributed by atoms with Gasteiger partial charge in [0.2, 0.25) is 0 Å². The molecule has 0 aliphatic carbocycles. The van der Waals surface area contributed by atoms with E-state index in [4.69, 9.17) is 7.98 Å². The molecule has 1 aromatic carbocycles. The quantitative estimate of drug-likeness (QED) is 0.613. The average molecular weight is 189 g/mol. The SMILES string of the molecule is [B]N1Cc2cc(F)c(C(C)C)cc2C1. The zero-order chi connectivity index (χ0) is 10.3. The first-order chi connectivity index (χ1) is 6.58. The average Bonchev–Trinajstić information content (AvgIpc) is 2.42. The summed E-state index contributed by atoms with van der Waals surface area (Å²) < 4.78 is 13.6. The number of hydrogen-bond acceptors (Lipinski definition) is 1. The Labute approximate surface area is 85.4 Å². The lowest BCUT2D eigenvalue weighted by Crippen LogP contribution is -2.09. The lowest BCUT2D eigenvalue weighted by molar-refractivity contribution is 0.488. The highest BCUT2D eigenvalue weighted by atomic mass is 19.1. The fourth-order valence-electron chi connectivity index (χ4n) is 1.91. The predicted molar refractivity (Wildman–Crippen MR) is 55.5 cm³/mol. The van der Waals surface area contributed by atoms with E-state index in [-0.39, 0.29) is 11.7 Å². The molecule has 0 N–H and O–H groups in total. The minimum atomic E-state index is -0.103. The van der Waals surface area contributed by atoms with Gasteiger partial charge in [-0.05, 0) is 28.7 Å². The van der Waals surface area contributed by atoms with Crippen molar-refractivity contribution in [2.24, 2.45) is 0 Å². The molecule has 0 unspecified atom stereocenters. The van der Waals surface area contributed by atoms with Gasteiger partial charge in [-0.3, -0.25) is 0 Å². The molecule has 0 saturated heterocycles. The number of nitrogens with zero attached hydrogens (tertiary/aromatic N) is 1. The molecule has 0 bridgehead atoms. The molecule has 1 heterocycles. The molecule has 1 nitrogen and oxygen atoms in total. The van der Waals surface area contributed by atoms with Crippen molar-refractivity contribution in [3.8, 4) is 0 Å². The second-order valence-electron chi connectivity index (χ2n) is 4.20. The molecule has 1 aromatic rings. The van der Waals surface area contributed by atoms with E-state index in [1.54, 1.807) is 10.9 Å². The monoisotopic (exact) mass is 189 g/mol. The number of rotatable bonds is 1. The van der Waals surface area contributed by atoms with Gasteiger partial charge in [0.25, 0.3) is 0 Å². The van der Waals surface area contributed by atoms with Gasteiger partial charge in [-0.1, -0.05) is 19.9 Å². The van der Waals surface area contributed by atoms with E-state index in [1.165, 1.54) is 0 Å². The molecule has 1 aliphatic heterocycles. The summed E-state index contributed by atoms with van der Waals surface area (Å²) in [6.07, 6.45) is 0. The van der Waals surface area contributed by atoms with Crippen molar-refractivity contribution in [2.75, 3.05) is 0 Å². The highest BCUT2D eigenvalue weighted by Gasteiger charge is 2.18. The summed E-state index contributed by atoms with van der Waals surface area (Å²) >= 11 is 0. The first-order valence-corrected chi connectivity index (χ1v) is 4.88. The third-order valence-corrected chi connectivity index (χ3v) is 2.69. The molecule has 72 valence electrons. The summed E-state index contributed by atoms with van der Waals surface area (Å²) in [5.74, 6) is 0.126. The summed E-state index contributed by atoms with van der Waals surface area (Å²) in [6, 6.07) is 3.57. The third-order valence-electron chi connectivity index (χ3n) is 2.69. The second-order valence-corrected chi connectivity index (χ2v) is 4.20. The normalized spacial score (nSPS) is 16.3. The van der Waals surface area contributed by atoms with Crippen LogP contribution in [0.25, 0.3) is 0 Å². The molecule has 0 atom stereocenters. The van der Waals surface area contributed by atoms with Crippen LogP contribution in [0.2, 0.25) is 0 Å². The Morgan fingerprint density at radius 3 is 2.43 bits per heavy atom. The van der Waals surface area contributed by atoms with Gasteiger partial charge < -0.3 is 4.81 Å². The van der Waals surface area contributed by atoms with Gasteiger partial charge in [-0.25, -0.2) is 4.39 Å². The fraction of sp³-hybridized carbons (Fsp3) is 0.455. The van der Waals surface area contributed by atoms with Gasteiger partial charge in [0.1, 0.15) is 5.82 Å². The predicted octanol–water partition coefficient (Wildman–Crippen LogP) is 2.35. The van der Waals surface area contributed by atoms with Crippen LogP contribution in [-0.2, 0) is 13.1 Å². The molecule has 0 amide bonds. The molecule has 0 aromatic heterocycles. The Morgan fingerprint density at radius 1 is 1.29 bits per heavy atom. The molecular weight excluding hydrogens is 176 g/mol. The van der Waals surface area contributed by atoms with Crippen LogP contribution in [0.1, 0.15) is 36.5 Å². The number of hydrogen-bond donors (Lipinski definition) is 0. The van der Waals surface area contributed by atoms with Crippen LogP contribution in [0.15, 0.2) is 12.1 Å². The highest BCUT2D eigenvalue weighted by Crippen LogP contribution is 2.27. The van der Waals surface area contributed by atoms with Crippen molar-refractivity contribution in [1.29, 1.82) is 0 Å². The maximum Gasteiger partial charge on any atom is 0.183 e. The smallest absolute Gasteiger partial charge is 0.183 e. The van der Waals surface area contributed by atoms with Crippen molar-refractivity contribution in [1.82, 2.24) is 4.81 Å². The second kappa shape index (κ2) is 3.39. The van der Waals surface area contributed by atoms with Crippen LogP contribution in [0.4, 0.5) is 4.39 Å². The largest absolute Gasteiger partial charge is 0.346 e. The highest BCUT2D eigenvalue weighted by molar-refractivity contribution is 6.04. The van der Waals surface area contributed by atoms with Crippen molar-refractivity contribution >= 4 is 7.98 Å². The number of benzene rings is 1. The minimum Gasteiger partial charge on any atom is -0.346 e. The lowest BCUT2D eigenvalue weighted by atomic mass is 9.98. The fourth-order valence-corrected chi connectivity index (χ4v) is 1.91. The molecule has 0 saturated carbocycles. The number of fused-ring (bicyclic) bond motifs is 1. The molecule has 2 radical (unpaired) electrons. The van der Waals surface area contributed by atoms with Crippen molar-refractivity contribution < 1.29 is 4.39 Å². The summed E-state index contributed by atoms with van der Waals surface area (Å²) in [7, 11) is 5.67. The molecule has 1 aliphatic rings. The summed E-state index contributed by atoms with van der Waals surface area (Å²) in [6.45, 7) is 5.39. The van der Waals surface area contributed by atoms with Gasteiger partial charge >= 0.3 is 0 Å². The van der Waals surface area contributed by atoms with Crippen LogP contribution in [-0.4, -0.2) is 12.8 Å². The van der Waals surface area contributed by atoms with Crippen LogP contribution < -0.4 is 0 Å². The Morgan fingerprint density at radius 2 is 1.86 bits per heavy atom. The van der Waals surface area contributed by atoms with E-state index >= 15 is 0 Å². The summed E-state index contributed by atoms with van der Waals surface area (Å²) in [4.78, 5) is 1.70.